The molecular formula is C13H24N2O3. The van der Waals surface area contributed by atoms with Gasteiger partial charge in [-0.15, -0.1) is 0 Å². The molecule has 1 unspecified atom stereocenters. The molecular weight excluding hydrogens is 232 g/mol. The number of rotatable bonds is 5. The van der Waals surface area contributed by atoms with Crippen molar-refractivity contribution in [3.05, 3.63) is 0 Å². The molecule has 3 N–H and O–H groups in total. The second-order valence-corrected chi connectivity index (χ2v) is 5.22. The second-order valence-electron chi connectivity index (χ2n) is 5.22. The smallest absolute Gasteiger partial charge is 0.326 e. The Balaban J connectivity index is 2.86. The molecule has 0 bridgehead atoms. The van der Waals surface area contributed by atoms with Crippen LogP contribution in [0.5, 0.6) is 0 Å². The number of carbonyl (C=O) groups excluding carboxylic acids is 1. The van der Waals surface area contributed by atoms with Gasteiger partial charge in [-0.2, -0.15) is 0 Å². The van der Waals surface area contributed by atoms with E-state index >= 15 is 0 Å². The van der Waals surface area contributed by atoms with Gasteiger partial charge in [-0.3, -0.25) is 4.79 Å². The maximum atomic E-state index is 12.5. The van der Waals surface area contributed by atoms with E-state index in [0.717, 1.165) is 32.1 Å². The number of hydrogen-bond acceptors (Lipinski definition) is 3. The molecule has 5 nitrogen and oxygen atoms in total. The molecule has 0 spiro atoms. The second kappa shape index (κ2) is 6.18. The average molecular weight is 256 g/mol. The van der Waals surface area contributed by atoms with Crippen LogP contribution in [-0.4, -0.2) is 41.5 Å². The van der Waals surface area contributed by atoms with Crippen LogP contribution in [-0.2, 0) is 9.59 Å². The Morgan fingerprint density at radius 2 is 1.89 bits per heavy atom. The molecule has 0 aromatic rings. The Hall–Kier alpha value is -1.10. The van der Waals surface area contributed by atoms with E-state index in [4.69, 9.17) is 10.8 Å². The summed E-state index contributed by atoms with van der Waals surface area (Å²) in [6.45, 7) is 2.09. The molecule has 1 saturated carbocycles. The van der Waals surface area contributed by atoms with Gasteiger partial charge in [-0.1, -0.05) is 26.2 Å². The van der Waals surface area contributed by atoms with Gasteiger partial charge < -0.3 is 15.7 Å². The fourth-order valence-electron chi connectivity index (χ4n) is 2.86. The van der Waals surface area contributed by atoms with E-state index in [9.17, 15) is 9.59 Å². The van der Waals surface area contributed by atoms with Crippen molar-refractivity contribution in [1.82, 2.24) is 4.90 Å². The molecule has 0 aromatic carbocycles. The largest absolute Gasteiger partial charge is 0.480 e. The first-order valence-electron chi connectivity index (χ1n) is 6.68. The minimum Gasteiger partial charge on any atom is -0.480 e. The molecule has 0 radical (unpaired) electrons. The summed E-state index contributed by atoms with van der Waals surface area (Å²) in [5.74, 6) is -1.05. The molecule has 18 heavy (non-hydrogen) atoms. The Labute approximate surface area is 108 Å². The SMILES string of the molecule is CCC(C(=O)O)N(C)C(=O)C1(CN)CCCCC1. The van der Waals surface area contributed by atoms with E-state index in [1.165, 1.54) is 4.90 Å². The van der Waals surface area contributed by atoms with Crippen LogP contribution in [0, 0.1) is 5.41 Å². The molecule has 1 atom stereocenters. The highest BCUT2D eigenvalue weighted by atomic mass is 16.4. The molecule has 1 amide bonds. The van der Waals surface area contributed by atoms with E-state index in [0.29, 0.717) is 13.0 Å². The summed E-state index contributed by atoms with van der Waals surface area (Å²) in [6, 6.07) is -0.747. The van der Waals surface area contributed by atoms with E-state index in [-0.39, 0.29) is 5.91 Å². The van der Waals surface area contributed by atoms with Gasteiger partial charge in [0, 0.05) is 13.6 Å². The molecule has 104 valence electrons. The first kappa shape index (κ1) is 15.0. The lowest BCUT2D eigenvalue weighted by molar-refractivity contribution is -0.154. The van der Waals surface area contributed by atoms with Gasteiger partial charge in [0.2, 0.25) is 5.91 Å². The Morgan fingerprint density at radius 1 is 1.33 bits per heavy atom. The molecule has 1 aliphatic rings. The maximum Gasteiger partial charge on any atom is 0.326 e. The van der Waals surface area contributed by atoms with Gasteiger partial charge in [0.05, 0.1) is 5.41 Å². The number of carboxylic acid groups (broad SMARTS) is 1. The van der Waals surface area contributed by atoms with E-state index in [1.807, 2.05) is 0 Å². The molecule has 5 heteroatoms. The summed E-state index contributed by atoms with van der Waals surface area (Å²) >= 11 is 0. The average Bonchev–Trinajstić information content (AvgIpc) is 2.38. The summed E-state index contributed by atoms with van der Waals surface area (Å²) in [5.41, 5.74) is 5.27. The standard InChI is InChI=1S/C13H24N2O3/c1-3-10(11(16)17)15(2)12(18)13(9-14)7-5-4-6-8-13/h10H,3-9,14H2,1-2H3,(H,16,17). The van der Waals surface area contributed by atoms with Crippen molar-refractivity contribution in [1.29, 1.82) is 0 Å². The van der Waals surface area contributed by atoms with Gasteiger partial charge >= 0.3 is 5.97 Å². The number of carboxylic acids is 1. The van der Waals surface area contributed by atoms with Crippen LogP contribution in [0.15, 0.2) is 0 Å². The zero-order valence-corrected chi connectivity index (χ0v) is 11.3. The van der Waals surface area contributed by atoms with Crippen molar-refractivity contribution >= 4 is 11.9 Å². The Kier molecular flexibility index (Phi) is 5.14. The normalized spacial score (nSPS) is 20.2. The van der Waals surface area contributed by atoms with Crippen LogP contribution in [0.3, 0.4) is 0 Å². The molecule has 1 aliphatic carbocycles. The zero-order valence-electron chi connectivity index (χ0n) is 11.3. The number of amides is 1. The number of nitrogens with zero attached hydrogens (tertiary/aromatic N) is 1. The van der Waals surface area contributed by atoms with E-state index in [2.05, 4.69) is 0 Å². The van der Waals surface area contributed by atoms with Gasteiger partial charge in [-0.05, 0) is 19.3 Å². The molecule has 1 fully saturated rings. The quantitative estimate of drug-likeness (QED) is 0.774. The Bertz CT molecular complexity index is 311. The number of likely N-dealkylation sites (N-methyl/N-ethyl adjacent to an activating group) is 1. The lowest BCUT2D eigenvalue weighted by Gasteiger charge is -2.39. The highest BCUT2D eigenvalue weighted by molar-refractivity contribution is 5.87. The van der Waals surface area contributed by atoms with Crippen molar-refractivity contribution in [3.8, 4) is 0 Å². The zero-order chi connectivity index (χ0) is 13.8. The van der Waals surface area contributed by atoms with Crippen molar-refractivity contribution in [3.63, 3.8) is 0 Å². The third-order valence-electron chi connectivity index (χ3n) is 4.11. The number of carbonyl (C=O) groups is 2. The lowest BCUT2D eigenvalue weighted by Crippen LogP contribution is -2.52. The predicted octanol–water partition coefficient (Wildman–Crippen LogP) is 1.22. The van der Waals surface area contributed by atoms with Crippen LogP contribution >= 0.6 is 0 Å². The topological polar surface area (TPSA) is 83.6 Å². The van der Waals surface area contributed by atoms with Crippen LogP contribution in [0.4, 0.5) is 0 Å². The maximum absolute atomic E-state index is 12.5. The highest BCUT2D eigenvalue weighted by Gasteiger charge is 2.42. The van der Waals surface area contributed by atoms with Crippen molar-refractivity contribution in [2.24, 2.45) is 11.1 Å². The molecule has 1 rings (SSSR count). The first-order chi connectivity index (χ1) is 8.48. The van der Waals surface area contributed by atoms with Crippen LogP contribution in [0.25, 0.3) is 0 Å². The van der Waals surface area contributed by atoms with Crippen molar-refractivity contribution in [2.75, 3.05) is 13.6 Å². The third-order valence-corrected chi connectivity index (χ3v) is 4.11. The Morgan fingerprint density at radius 3 is 2.28 bits per heavy atom. The summed E-state index contributed by atoms with van der Waals surface area (Å²) in [7, 11) is 1.58. The minimum absolute atomic E-state index is 0.0982. The number of hydrogen-bond donors (Lipinski definition) is 2. The molecule has 0 aliphatic heterocycles. The molecule has 0 saturated heterocycles. The number of nitrogens with two attached hydrogens (primary N) is 1. The lowest BCUT2D eigenvalue weighted by atomic mass is 9.73. The van der Waals surface area contributed by atoms with E-state index < -0.39 is 17.4 Å². The summed E-state index contributed by atoms with van der Waals surface area (Å²) in [5, 5.41) is 9.12. The minimum atomic E-state index is -0.948. The summed E-state index contributed by atoms with van der Waals surface area (Å²) in [4.78, 5) is 25.0. The van der Waals surface area contributed by atoms with E-state index in [1.54, 1.807) is 14.0 Å². The van der Waals surface area contributed by atoms with Gasteiger partial charge in [0.15, 0.2) is 0 Å². The van der Waals surface area contributed by atoms with Crippen molar-refractivity contribution in [2.45, 2.75) is 51.5 Å². The molecule has 0 heterocycles. The van der Waals surface area contributed by atoms with Crippen LogP contribution < -0.4 is 5.73 Å². The monoisotopic (exact) mass is 256 g/mol. The number of aliphatic carboxylic acids is 1. The fourth-order valence-corrected chi connectivity index (χ4v) is 2.86. The van der Waals surface area contributed by atoms with Crippen LogP contribution in [0.1, 0.15) is 45.4 Å². The molecule has 0 aromatic heterocycles. The highest BCUT2D eigenvalue weighted by Crippen LogP contribution is 2.37. The van der Waals surface area contributed by atoms with Gasteiger partial charge in [-0.25, -0.2) is 4.79 Å². The van der Waals surface area contributed by atoms with Crippen molar-refractivity contribution < 1.29 is 14.7 Å². The van der Waals surface area contributed by atoms with Gasteiger partial charge in [0.1, 0.15) is 6.04 Å². The summed E-state index contributed by atoms with van der Waals surface area (Å²) < 4.78 is 0. The predicted molar refractivity (Wildman–Crippen MR) is 69.1 cm³/mol. The van der Waals surface area contributed by atoms with Gasteiger partial charge in [0.25, 0.3) is 0 Å². The first-order valence-corrected chi connectivity index (χ1v) is 6.68. The third kappa shape index (κ3) is 2.83. The van der Waals surface area contributed by atoms with Crippen LogP contribution in [0.2, 0.25) is 0 Å². The summed E-state index contributed by atoms with van der Waals surface area (Å²) in [6.07, 6.45) is 5.11. The fraction of sp³-hybridized carbons (Fsp3) is 0.846.